The van der Waals surface area contributed by atoms with Gasteiger partial charge in [0, 0.05) is 11.1 Å². The molecular formula is C18H14ClN3O3. The van der Waals surface area contributed by atoms with E-state index in [4.69, 9.17) is 20.8 Å². The fraction of sp³-hybridized carbons (Fsp3) is 0.0556. The fourth-order valence-corrected chi connectivity index (χ4v) is 2.22. The van der Waals surface area contributed by atoms with Crippen LogP contribution in [-0.2, 0) is 4.79 Å². The van der Waals surface area contributed by atoms with Crippen molar-refractivity contribution >= 4 is 29.6 Å². The first-order valence-corrected chi connectivity index (χ1v) is 7.75. The third-order valence-corrected chi connectivity index (χ3v) is 3.54. The lowest BCUT2D eigenvalue weighted by Gasteiger charge is -2.03. The number of ether oxygens (including phenoxy) is 1. The Bertz CT molecular complexity index is 904. The molecule has 1 N–H and O–H groups in total. The Labute approximate surface area is 149 Å². The van der Waals surface area contributed by atoms with Crippen LogP contribution in [0.4, 0.5) is 6.01 Å². The van der Waals surface area contributed by atoms with Crippen LogP contribution in [0, 0.1) is 0 Å². The summed E-state index contributed by atoms with van der Waals surface area (Å²) in [5, 5.41) is 10.9. The molecule has 0 atom stereocenters. The maximum atomic E-state index is 11.9. The molecule has 0 aliphatic heterocycles. The Hall–Kier alpha value is -3.12. The molecule has 0 radical (unpaired) electrons. The van der Waals surface area contributed by atoms with Gasteiger partial charge in [-0.2, -0.15) is 0 Å². The van der Waals surface area contributed by atoms with Gasteiger partial charge in [-0.1, -0.05) is 41.0 Å². The average molecular weight is 356 g/mol. The summed E-state index contributed by atoms with van der Waals surface area (Å²) < 4.78 is 10.7. The van der Waals surface area contributed by atoms with Gasteiger partial charge in [0.15, 0.2) is 0 Å². The summed E-state index contributed by atoms with van der Waals surface area (Å²) in [5.74, 6) is 0.478. The molecule has 0 fully saturated rings. The number of nitrogens with zero attached hydrogens (tertiary/aromatic N) is 2. The van der Waals surface area contributed by atoms with Crippen molar-refractivity contribution in [2.75, 3.05) is 12.4 Å². The molecule has 1 amide bonds. The van der Waals surface area contributed by atoms with Gasteiger partial charge in [-0.05, 0) is 35.9 Å². The quantitative estimate of drug-likeness (QED) is 0.698. The zero-order valence-corrected chi connectivity index (χ0v) is 14.0. The van der Waals surface area contributed by atoms with Crippen molar-refractivity contribution in [3.05, 3.63) is 65.2 Å². The summed E-state index contributed by atoms with van der Waals surface area (Å²) in [7, 11) is 1.56. The van der Waals surface area contributed by atoms with Crippen LogP contribution in [-0.4, -0.2) is 23.2 Å². The van der Waals surface area contributed by atoms with E-state index < -0.39 is 0 Å². The second kappa shape index (κ2) is 7.63. The number of hydrogen-bond acceptors (Lipinski definition) is 5. The number of nitrogens with one attached hydrogen (secondary N) is 1. The predicted octanol–water partition coefficient (Wildman–Crippen LogP) is 4.05. The zero-order valence-electron chi connectivity index (χ0n) is 13.3. The number of carbonyl (C=O) groups excluding carboxylic acids is 1. The molecule has 0 aliphatic rings. The topological polar surface area (TPSA) is 77.3 Å². The van der Waals surface area contributed by atoms with E-state index in [1.165, 1.54) is 6.08 Å². The van der Waals surface area contributed by atoms with E-state index in [0.29, 0.717) is 16.3 Å². The van der Waals surface area contributed by atoms with Crippen LogP contribution in [0.15, 0.2) is 59.0 Å². The summed E-state index contributed by atoms with van der Waals surface area (Å²) in [6.07, 6.45) is 3.03. The molecule has 2 aromatic carbocycles. The standard InChI is InChI=1S/C18H14ClN3O3/c1-24-15-5-3-2-4-14(15)17-21-22-18(25-17)20-16(23)11-8-12-6-9-13(19)10-7-12/h2-11H,1H3,(H,20,22,23)/b11-8+. The Kier molecular flexibility index (Phi) is 5.11. The number of carbonyl (C=O) groups is 1. The highest BCUT2D eigenvalue weighted by molar-refractivity contribution is 6.30. The van der Waals surface area contributed by atoms with E-state index in [0.717, 1.165) is 5.56 Å². The monoisotopic (exact) mass is 355 g/mol. The van der Waals surface area contributed by atoms with Crippen LogP contribution in [0.3, 0.4) is 0 Å². The third-order valence-electron chi connectivity index (χ3n) is 3.29. The molecule has 6 nitrogen and oxygen atoms in total. The average Bonchev–Trinajstić information content (AvgIpc) is 3.09. The molecule has 1 aromatic heterocycles. The Morgan fingerprint density at radius 1 is 1.16 bits per heavy atom. The van der Waals surface area contributed by atoms with E-state index in [2.05, 4.69) is 15.5 Å². The molecule has 3 rings (SSSR count). The molecule has 126 valence electrons. The van der Waals surface area contributed by atoms with Crippen LogP contribution in [0.5, 0.6) is 5.75 Å². The maximum Gasteiger partial charge on any atom is 0.322 e. The Morgan fingerprint density at radius 3 is 2.68 bits per heavy atom. The van der Waals surface area contributed by atoms with Gasteiger partial charge >= 0.3 is 6.01 Å². The summed E-state index contributed by atoms with van der Waals surface area (Å²) in [4.78, 5) is 11.9. The van der Waals surface area contributed by atoms with Crippen molar-refractivity contribution in [3.63, 3.8) is 0 Å². The molecule has 1 heterocycles. The number of hydrogen-bond donors (Lipinski definition) is 1. The van der Waals surface area contributed by atoms with Crippen molar-refractivity contribution in [2.24, 2.45) is 0 Å². The molecule has 0 saturated heterocycles. The van der Waals surface area contributed by atoms with Crippen LogP contribution in [0.25, 0.3) is 17.5 Å². The number of aromatic nitrogens is 2. The highest BCUT2D eigenvalue weighted by atomic mass is 35.5. The van der Waals surface area contributed by atoms with Gasteiger partial charge in [0.05, 0.1) is 12.7 Å². The first-order valence-electron chi connectivity index (χ1n) is 7.37. The molecule has 3 aromatic rings. The Morgan fingerprint density at radius 2 is 1.92 bits per heavy atom. The van der Waals surface area contributed by atoms with Gasteiger partial charge in [-0.15, -0.1) is 5.10 Å². The molecule has 0 unspecified atom stereocenters. The molecule has 0 saturated carbocycles. The van der Waals surface area contributed by atoms with Gasteiger partial charge in [0.25, 0.3) is 11.8 Å². The van der Waals surface area contributed by atoms with Crippen LogP contribution in [0.1, 0.15) is 5.56 Å². The van der Waals surface area contributed by atoms with Crippen molar-refractivity contribution in [1.29, 1.82) is 0 Å². The van der Waals surface area contributed by atoms with Gasteiger partial charge in [-0.3, -0.25) is 10.1 Å². The minimum Gasteiger partial charge on any atom is -0.496 e. The lowest BCUT2D eigenvalue weighted by atomic mass is 10.2. The molecule has 0 spiro atoms. The summed E-state index contributed by atoms with van der Waals surface area (Å²) in [6, 6.07) is 14.3. The minimum absolute atomic E-state index is 0.00617. The summed E-state index contributed by atoms with van der Waals surface area (Å²) >= 11 is 5.82. The number of halogens is 1. The highest BCUT2D eigenvalue weighted by Gasteiger charge is 2.13. The lowest BCUT2D eigenvalue weighted by Crippen LogP contribution is -2.07. The van der Waals surface area contributed by atoms with E-state index in [1.54, 1.807) is 49.6 Å². The first kappa shape index (κ1) is 16.7. The minimum atomic E-state index is -0.384. The smallest absolute Gasteiger partial charge is 0.322 e. The maximum absolute atomic E-state index is 11.9. The first-order chi connectivity index (χ1) is 12.2. The zero-order chi connectivity index (χ0) is 17.6. The van der Waals surface area contributed by atoms with Gasteiger partial charge in [-0.25, -0.2) is 0 Å². The molecule has 25 heavy (non-hydrogen) atoms. The van der Waals surface area contributed by atoms with Crippen LogP contribution in [0.2, 0.25) is 5.02 Å². The number of anilines is 1. The van der Waals surface area contributed by atoms with Gasteiger partial charge < -0.3 is 9.15 Å². The van der Waals surface area contributed by atoms with Gasteiger partial charge in [0.1, 0.15) is 5.75 Å². The molecule has 0 bridgehead atoms. The number of amides is 1. The molecule has 0 aliphatic carbocycles. The van der Waals surface area contributed by atoms with E-state index >= 15 is 0 Å². The van der Waals surface area contributed by atoms with Gasteiger partial charge in [0.2, 0.25) is 0 Å². The van der Waals surface area contributed by atoms with Crippen molar-refractivity contribution < 1.29 is 13.9 Å². The van der Waals surface area contributed by atoms with E-state index in [9.17, 15) is 4.79 Å². The number of methoxy groups -OCH3 is 1. The van der Waals surface area contributed by atoms with Crippen LogP contribution < -0.4 is 10.1 Å². The SMILES string of the molecule is COc1ccccc1-c1nnc(NC(=O)/C=C/c2ccc(Cl)cc2)o1. The number of benzene rings is 2. The highest BCUT2D eigenvalue weighted by Crippen LogP contribution is 2.29. The fourth-order valence-electron chi connectivity index (χ4n) is 2.10. The van der Waals surface area contributed by atoms with E-state index in [-0.39, 0.29) is 17.8 Å². The summed E-state index contributed by atoms with van der Waals surface area (Å²) in [5.41, 5.74) is 1.49. The van der Waals surface area contributed by atoms with Crippen molar-refractivity contribution in [3.8, 4) is 17.2 Å². The number of para-hydroxylation sites is 1. The number of rotatable bonds is 5. The molecular weight excluding hydrogens is 342 g/mol. The van der Waals surface area contributed by atoms with Crippen molar-refractivity contribution in [1.82, 2.24) is 10.2 Å². The molecule has 7 heteroatoms. The second-order valence-corrected chi connectivity index (χ2v) is 5.42. The largest absolute Gasteiger partial charge is 0.496 e. The summed E-state index contributed by atoms with van der Waals surface area (Å²) in [6.45, 7) is 0. The second-order valence-electron chi connectivity index (χ2n) is 4.99. The van der Waals surface area contributed by atoms with E-state index in [1.807, 2.05) is 12.1 Å². The Balaban J connectivity index is 1.68. The van der Waals surface area contributed by atoms with Crippen molar-refractivity contribution in [2.45, 2.75) is 0 Å². The lowest BCUT2D eigenvalue weighted by molar-refractivity contribution is -0.112. The van der Waals surface area contributed by atoms with Crippen LogP contribution >= 0.6 is 11.6 Å². The third kappa shape index (κ3) is 4.24. The predicted molar refractivity (Wildman–Crippen MR) is 95.4 cm³/mol. The normalized spacial score (nSPS) is 10.8.